The molecule has 38 heavy (non-hydrogen) atoms. The number of methoxy groups -OCH3 is 2. The Morgan fingerprint density at radius 2 is 1.71 bits per heavy atom. The van der Waals surface area contributed by atoms with Crippen LogP contribution in [0.25, 0.3) is 0 Å². The molecule has 212 valence electrons. The number of hydrogen-bond donors (Lipinski definition) is 1. The van der Waals surface area contributed by atoms with Gasteiger partial charge in [-0.1, -0.05) is 0 Å². The Kier molecular flexibility index (Phi) is 10.5. The molecule has 1 aromatic carbocycles. The number of esters is 1. The number of nitrogens with zero attached hydrogens (tertiary/aromatic N) is 2. The van der Waals surface area contributed by atoms with E-state index in [0.29, 0.717) is 5.75 Å². The molecule has 0 saturated carbocycles. The molecule has 2 rings (SSSR count). The fraction of sp³-hybridized carbons (Fsp3) is 0.615. The van der Waals surface area contributed by atoms with Gasteiger partial charge in [0.1, 0.15) is 41.4 Å². The van der Waals surface area contributed by atoms with Crippen molar-refractivity contribution in [2.45, 2.75) is 77.0 Å². The zero-order chi connectivity index (χ0) is 28.8. The summed E-state index contributed by atoms with van der Waals surface area (Å²) in [4.78, 5) is 54.1. The van der Waals surface area contributed by atoms with Gasteiger partial charge in [0.05, 0.1) is 19.8 Å². The molecule has 0 spiro atoms. The Balaban J connectivity index is 2.21. The lowest BCUT2D eigenvalue weighted by atomic mass is 10.1. The summed E-state index contributed by atoms with van der Waals surface area (Å²) in [6.07, 6.45) is -1.93. The number of likely N-dealkylation sites (tertiary alicyclic amines) is 1. The van der Waals surface area contributed by atoms with Crippen LogP contribution in [-0.4, -0.2) is 97.4 Å². The summed E-state index contributed by atoms with van der Waals surface area (Å²) >= 11 is 0. The minimum atomic E-state index is -1.18. The Labute approximate surface area is 222 Å². The standard InChI is InChI=1S/C26H38FN3O8/c1-15(29(6)25(34)38-26(3,4)5)22(31)28-21(16(2)35-7)23(32)30-14-19(13-20(30)24(33)36-8)37-18-11-9-17(27)10-12-18/h9-12,15-16,19-21H,13-14H2,1-8H3,(H,28,31)/t15-,16+,19?,20-,21-/m0/s1. The van der Waals surface area contributed by atoms with Crippen LogP contribution in [0.3, 0.4) is 0 Å². The minimum Gasteiger partial charge on any atom is -0.488 e. The molecule has 1 saturated heterocycles. The number of rotatable bonds is 9. The van der Waals surface area contributed by atoms with Crippen LogP contribution >= 0.6 is 0 Å². The molecular weight excluding hydrogens is 501 g/mol. The second-order valence-corrected chi connectivity index (χ2v) is 10.2. The van der Waals surface area contributed by atoms with E-state index in [9.17, 15) is 23.6 Å². The number of likely N-dealkylation sites (N-methyl/N-ethyl adjacent to an activating group) is 1. The Morgan fingerprint density at radius 3 is 2.24 bits per heavy atom. The molecule has 0 bridgehead atoms. The van der Waals surface area contributed by atoms with Gasteiger partial charge < -0.3 is 29.2 Å². The highest BCUT2D eigenvalue weighted by atomic mass is 19.1. The van der Waals surface area contributed by atoms with Crippen LogP contribution in [0.2, 0.25) is 0 Å². The summed E-state index contributed by atoms with van der Waals surface area (Å²) in [6, 6.07) is 2.26. The van der Waals surface area contributed by atoms with Crippen molar-refractivity contribution in [3.8, 4) is 5.75 Å². The summed E-state index contributed by atoms with van der Waals surface area (Å²) < 4.78 is 34.7. The number of ether oxygens (including phenoxy) is 4. The number of halogens is 1. The number of amides is 3. The van der Waals surface area contributed by atoms with Gasteiger partial charge in [-0.05, 0) is 58.9 Å². The summed E-state index contributed by atoms with van der Waals surface area (Å²) in [5.41, 5.74) is -0.754. The number of carbonyl (C=O) groups excluding carboxylic acids is 4. The fourth-order valence-electron chi connectivity index (χ4n) is 3.83. The third kappa shape index (κ3) is 8.04. The second-order valence-electron chi connectivity index (χ2n) is 10.2. The van der Waals surface area contributed by atoms with E-state index < -0.39 is 65.6 Å². The molecule has 5 atom stereocenters. The minimum absolute atomic E-state index is 0.0200. The Bertz CT molecular complexity index is 997. The largest absolute Gasteiger partial charge is 0.488 e. The van der Waals surface area contributed by atoms with Crippen LogP contribution in [0.1, 0.15) is 41.0 Å². The van der Waals surface area contributed by atoms with Crippen LogP contribution < -0.4 is 10.1 Å². The van der Waals surface area contributed by atoms with E-state index in [0.717, 1.165) is 4.90 Å². The number of benzene rings is 1. The van der Waals surface area contributed by atoms with E-state index in [2.05, 4.69) is 5.32 Å². The summed E-state index contributed by atoms with van der Waals surface area (Å²) in [6.45, 7) is 8.24. The molecule has 0 aromatic heterocycles. The molecule has 0 aliphatic carbocycles. The van der Waals surface area contributed by atoms with Crippen LogP contribution in [0.5, 0.6) is 5.75 Å². The fourth-order valence-corrected chi connectivity index (χ4v) is 3.83. The van der Waals surface area contributed by atoms with Gasteiger partial charge in [-0.15, -0.1) is 0 Å². The predicted octanol–water partition coefficient (Wildman–Crippen LogP) is 2.12. The summed E-state index contributed by atoms with van der Waals surface area (Å²) in [5, 5.41) is 2.65. The van der Waals surface area contributed by atoms with Gasteiger partial charge in [0.15, 0.2) is 0 Å². The monoisotopic (exact) mass is 539 g/mol. The lowest BCUT2D eigenvalue weighted by Crippen LogP contribution is -2.59. The first-order valence-electron chi connectivity index (χ1n) is 12.3. The summed E-state index contributed by atoms with van der Waals surface area (Å²) in [7, 11) is 4.01. The van der Waals surface area contributed by atoms with Crippen molar-refractivity contribution in [2.24, 2.45) is 0 Å². The number of hydrogen-bond acceptors (Lipinski definition) is 8. The van der Waals surface area contributed by atoms with Crippen molar-refractivity contribution in [1.82, 2.24) is 15.1 Å². The molecule has 3 amide bonds. The van der Waals surface area contributed by atoms with Gasteiger partial charge in [0.25, 0.3) is 0 Å². The lowest BCUT2D eigenvalue weighted by Gasteiger charge is -2.32. The van der Waals surface area contributed by atoms with Crippen LogP contribution in [0.15, 0.2) is 24.3 Å². The molecule has 1 unspecified atom stereocenters. The van der Waals surface area contributed by atoms with Gasteiger partial charge >= 0.3 is 12.1 Å². The van der Waals surface area contributed by atoms with E-state index in [1.165, 1.54) is 57.4 Å². The normalized spacial score (nSPS) is 19.7. The summed E-state index contributed by atoms with van der Waals surface area (Å²) in [5.74, 6) is -1.89. The Morgan fingerprint density at radius 1 is 1.11 bits per heavy atom. The molecule has 1 fully saturated rings. The van der Waals surface area contributed by atoms with E-state index in [1.54, 1.807) is 27.7 Å². The SMILES string of the molecule is COC(=O)[C@@H]1CC(Oc2ccc(F)cc2)CN1C(=O)[C@@H](NC(=O)[C@H](C)N(C)C(=O)OC(C)(C)C)[C@@H](C)OC. The quantitative estimate of drug-likeness (QED) is 0.474. The maximum absolute atomic E-state index is 13.7. The van der Waals surface area contributed by atoms with E-state index >= 15 is 0 Å². The van der Waals surface area contributed by atoms with Crippen molar-refractivity contribution < 1.29 is 42.5 Å². The second kappa shape index (κ2) is 12.9. The topological polar surface area (TPSA) is 124 Å². The van der Waals surface area contributed by atoms with E-state index in [4.69, 9.17) is 18.9 Å². The van der Waals surface area contributed by atoms with Crippen molar-refractivity contribution in [2.75, 3.05) is 27.8 Å². The maximum atomic E-state index is 13.7. The molecule has 11 nitrogen and oxygen atoms in total. The Hall–Kier alpha value is -3.41. The van der Waals surface area contributed by atoms with Crippen molar-refractivity contribution in [3.05, 3.63) is 30.1 Å². The van der Waals surface area contributed by atoms with Gasteiger partial charge in [-0.25, -0.2) is 14.0 Å². The first kappa shape index (κ1) is 30.8. The molecule has 1 aliphatic heterocycles. The average Bonchev–Trinajstić information content (AvgIpc) is 3.28. The number of carbonyl (C=O) groups is 4. The molecular formula is C26H38FN3O8. The highest BCUT2D eigenvalue weighted by Crippen LogP contribution is 2.26. The molecule has 1 heterocycles. The van der Waals surface area contributed by atoms with Gasteiger partial charge in [-0.3, -0.25) is 14.5 Å². The third-order valence-electron chi connectivity index (χ3n) is 6.18. The zero-order valence-electron chi connectivity index (χ0n) is 23.1. The molecule has 12 heteroatoms. The first-order chi connectivity index (χ1) is 17.7. The van der Waals surface area contributed by atoms with Gasteiger partial charge in [-0.2, -0.15) is 0 Å². The molecule has 1 aromatic rings. The number of nitrogens with one attached hydrogen (secondary N) is 1. The van der Waals surface area contributed by atoms with Crippen LogP contribution in [0, 0.1) is 5.82 Å². The average molecular weight is 540 g/mol. The third-order valence-corrected chi connectivity index (χ3v) is 6.18. The van der Waals surface area contributed by atoms with E-state index in [1.807, 2.05) is 0 Å². The lowest BCUT2D eigenvalue weighted by molar-refractivity contribution is -0.153. The van der Waals surface area contributed by atoms with E-state index in [-0.39, 0.29) is 13.0 Å². The van der Waals surface area contributed by atoms with Crippen LogP contribution in [-0.2, 0) is 28.6 Å². The van der Waals surface area contributed by atoms with Crippen molar-refractivity contribution in [1.29, 1.82) is 0 Å². The zero-order valence-corrected chi connectivity index (χ0v) is 23.1. The maximum Gasteiger partial charge on any atom is 0.410 e. The predicted molar refractivity (Wildman–Crippen MR) is 135 cm³/mol. The van der Waals surface area contributed by atoms with Gasteiger partial charge in [0, 0.05) is 20.6 Å². The highest BCUT2D eigenvalue weighted by molar-refractivity contribution is 5.93. The smallest absolute Gasteiger partial charge is 0.410 e. The van der Waals surface area contributed by atoms with Crippen molar-refractivity contribution in [3.63, 3.8) is 0 Å². The van der Waals surface area contributed by atoms with Crippen LogP contribution in [0.4, 0.5) is 9.18 Å². The van der Waals surface area contributed by atoms with Gasteiger partial charge in [0.2, 0.25) is 11.8 Å². The molecule has 1 N–H and O–H groups in total. The molecule has 0 radical (unpaired) electrons. The highest BCUT2D eigenvalue weighted by Gasteiger charge is 2.45. The molecule has 1 aliphatic rings. The van der Waals surface area contributed by atoms with Crippen molar-refractivity contribution >= 4 is 23.9 Å². The first-order valence-corrected chi connectivity index (χ1v) is 12.3.